The summed E-state index contributed by atoms with van der Waals surface area (Å²) in [4.78, 5) is 17.0. The maximum Gasteiger partial charge on any atom is 0.241 e. The molecule has 1 atom stereocenters. The highest BCUT2D eigenvalue weighted by Crippen LogP contribution is 2.33. The van der Waals surface area contributed by atoms with E-state index in [0.717, 1.165) is 49.8 Å². The maximum atomic E-state index is 12.9. The molecule has 2 aromatic rings. The van der Waals surface area contributed by atoms with Crippen LogP contribution in [0.25, 0.3) is 0 Å². The molecule has 0 unspecified atom stereocenters. The Morgan fingerprint density at radius 2 is 2.00 bits per heavy atom. The number of para-hydroxylation sites is 1. The first-order valence-electron chi connectivity index (χ1n) is 9.31. The number of piperazine rings is 1. The third-order valence-electron chi connectivity index (χ3n) is 5.04. The fraction of sp³-hybridized carbons (Fsp3) is 0.381. The number of fused-ring (bicyclic) bond motifs is 1. The largest absolute Gasteiger partial charge is 0.457 e. The van der Waals surface area contributed by atoms with Gasteiger partial charge in [-0.3, -0.25) is 9.69 Å². The Balaban J connectivity index is 1.47. The summed E-state index contributed by atoms with van der Waals surface area (Å²) in [5.74, 6) is 1.75. The lowest BCUT2D eigenvalue weighted by molar-refractivity contribution is -0.119. The van der Waals surface area contributed by atoms with Crippen molar-refractivity contribution in [1.29, 1.82) is 0 Å². The molecule has 0 aliphatic carbocycles. The quantitative estimate of drug-likeness (QED) is 0.920. The lowest BCUT2D eigenvalue weighted by atomic mass is 10.1. The van der Waals surface area contributed by atoms with E-state index in [1.54, 1.807) is 0 Å². The molecular formula is C21H25N3O2. The number of carbonyl (C=O) groups excluding carboxylic acids is 1. The van der Waals surface area contributed by atoms with Crippen LogP contribution in [0.3, 0.4) is 0 Å². The third-order valence-corrected chi connectivity index (χ3v) is 5.04. The van der Waals surface area contributed by atoms with E-state index in [9.17, 15) is 4.79 Å². The van der Waals surface area contributed by atoms with E-state index >= 15 is 0 Å². The van der Waals surface area contributed by atoms with Crippen LogP contribution >= 0.6 is 0 Å². The highest BCUT2D eigenvalue weighted by atomic mass is 16.5. The highest BCUT2D eigenvalue weighted by Gasteiger charge is 2.27. The summed E-state index contributed by atoms with van der Waals surface area (Å²) < 4.78 is 5.94. The summed E-state index contributed by atoms with van der Waals surface area (Å²) in [6.45, 7) is 6.19. The van der Waals surface area contributed by atoms with Gasteiger partial charge in [0, 0.05) is 38.3 Å². The zero-order valence-corrected chi connectivity index (χ0v) is 15.1. The van der Waals surface area contributed by atoms with Crippen LogP contribution in [0.15, 0.2) is 48.5 Å². The van der Waals surface area contributed by atoms with E-state index < -0.39 is 0 Å². The van der Waals surface area contributed by atoms with Gasteiger partial charge >= 0.3 is 0 Å². The molecule has 0 saturated carbocycles. The van der Waals surface area contributed by atoms with E-state index in [-0.39, 0.29) is 5.91 Å². The molecule has 0 bridgehead atoms. The standard InChI is InChI=1S/C21H25N3O2/c1-16-14-23(12-10-22-16)15-21(25)24-11-9-17-7-8-19(13-20(17)24)26-18-5-3-2-4-6-18/h2-8,13,16,22H,9-12,14-15H2,1H3/t16-/m1/s1. The zero-order valence-electron chi connectivity index (χ0n) is 15.1. The molecule has 2 heterocycles. The van der Waals surface area contributed by atoms with Crippen molar-refractivity contribution in [3.8, 4) is 11.5 Å². The molecule has 5 heteroatoms. The van der Waals surface area contributed by atoms with Crippen molar-refractivity contribution in [2.45, 2.75) is 19.4 Å². The number of hydrogen-bond donors (Lipinski definition) is 1. The minimum Gasteiger partial charge on any atom is -0.457 e. The van der Waals surface area contributed by atoms with Crippen molar-refractivity contribution in [2.75, 3.05) is 37.6 Å². The predicted octanol–water partition coefficient (Wildman–Crippen LogP) is 2.66. The van der Waals surface area contributed by atoms with Gasteiger partial charge in [-0.25, -0.2) is 0 Å². The van der Waals surface area contributed by atoms with E-state index in [1.807, 2.05) is 47.4 Å². The van der Waals surface area contributed by atoms with Crippen LogP contribution in [0, 0.1) is 0 Å². The number of ether oxygens (including phenoxy) is 1. The van der Waals surface area contributed by atoms with Crippen molar-refractivity contribution in [2.24, 2.45) is 0 Å². The van der Waals surface area contributed by atoms with Crippen molar-refractivity contribution in [3.63, 3.8) is 0 Å². The third kappa shape index (κ3) is 3.74. The van der Waals surface area contributed by atoms with Gasteiger partial charge in [-0.15, -0.1) is 0 Å². The van der Waals surface area contributed by atoms with E-state index in [2.05, 4.69) is 23.2 Å². The first kappa shape index (κ1) is 17.1. The molecule has 0 spiro atoms. The average Bonchev–Trinajstić information content (AvgIpc) is 3.06. The van der Waals surface area contributed by atoms with Gasteiger partial charge in [-0.05, 0) is 37.1 Å². The normalized spacial score (nSPS) is 20.0. The SMILES string of the molecule is C[C@@H]1CN(CC(=O)N2CCc3ccc(Oc4ccccc4)cc32)CCN1. The monoisotopic (exact) mass is 351 g/mol. The molecule has 1 N–H and O–H groups in total. The van der Waals surface area contributed by atoms with Crippen LogP contribution in [0.2, 0.25) is 0 Å². The first-order chi connectivity index (χ1) is 12.7. The molecule has 5 nitrogen and oxygen atoms in total. The van der Waals surface area contributed by atoms with Gasteiger partial charge < -0.3 is 15.0 Å². The van der Waals surface area contributed by atoms with Crippen LogP contribution in [0.5, 0.6) is 11.5 Å². The van der Waals surface area contributed by atoms with Crippen LogP contribution in [-0.2, 0) is 11.2 Å². The Hall–Kier alpha value is -2.37. The second-order valence-corrected chi connectivity index (χ2v) is 7.09. The number of anilines is 1. The van der Waals surface area contributed by atoms with Gasteiger partial charge in [0.2, 0.25) is 5.91 Å². The van der Waals surface area contributed by atoms with Gasteiger partial charge in [-0.2, -0.15) is 0 Å². The molecule has 1 fully saturated rings. The Labute approximate surface area is 154 Å². The van der Waals surface area contributed by atoms with E-state index in [0.29, 0.717) is 12.6 Å². The number of nitrogens with zero attached hydrogens (tertiary/aromatic N) is 2. The van der Waals surface area contributed by atoms with Crippen LogP contribution in [0.1, 0.15) is 12.5 Å². The van der Waals surface area contributed by atoms with Gasteiger partial charge in [-0.1, -0.05) is 24.3 Å². The second-order valence-electron chi connectivity index (χ2n) is 7.09. The van der Waals surface area contributed by atoms with Gasteiger partial charge in [0.05, 0.1) is 12.2 Å². The first-order valence-corrected chi connectivity index (χ1v) is 9.31. The molecule has 4 rings (SSSR count). The molecule has 2 aliphatic heterocycles. The number of benzene rings is 2. The molecule has 0 aromatic heterocycles. The number of carbonyl (C=O) groups is 1. The predicted molar refractivity (Wildman–Crippen MR) is 103 cm³/mol. The molecule has 2 aliphatic rings. The minimum atomic E-state index is 0.176. The second kappa shape index (κ2) is 7.48. The number of hydrogen-bond acceptors (Lipinski definition) is 4. The zero-order chi connectivity index (χ0) is 17.9. The summed E-state index contributed by atoms with van der Waals surface area (Å²) in [6.07, 6.45) is 0.907. The Morgan fingerprint density at radius 3 is 2.81 bits per heavy atom. The topological polar surface area (TPSA) is 44.8 Å². The molecular weight excluding hydrogens is 326 g/mol. The van der Waals surface area contributed by atoms with Gasteiger partial charge in [0.1, 0.15) is 11.5 Å². The minimum absolute atomic E-state index is 0.176. The molecule has 2 aromatic carbocycles. The van der Waals surface area contributed by atoms with E-state index in [4.69, 9.17) is 4.74 Å². The average molecular weight is 351 g/mol. The Morgan fingerprint density at radius 1 is 1.15 bits per heavy atom. The number of nitrogens with one attached hydrogen (secondary N) is 1. The molecule has 26 heavy (non-hydrogen) atoms. The Kier molecular flexibility index (Phi) is 4.91. The van der Waals surface area contributed by atoms with Crippen molar-refractivity contribution in [1.82, 2.24) is 10.2 Å². The van der Waals surface area contributed by atoms with E-state index in [1.165, 1.54) is 5.56 Å². The summed E-state index contributed by atoms with van der Waals surface area (Å²) in [5, 5.41) is 3.42. The maximum absolute atomic E-state index is 12.9. The van der Waals surface area contributed by atoms with Crippen molar-refractivity contribution < 1.29 is 9.53 Å². The molecule has 1 saturated heterocycles. The van der Waals surface area contributed by atoms with Crippen molar-refractivity contribution in [3.05, 3.63) is 54.1 Å². The summed E-state index contributed by atoms with van der Waals surface area (Å²) in [5.41, 5.74) is 2.21. The summed E-state index contributed by atoms with van der Waals surface area (Å²) in [6, 6.07) is 16.2. The number of amides is 1. The van der Waals surface area contributed by atoms with Crippen LogP contribution < -0.4 is 15.0 Å². The summed E-state index contributed by atoms with van der Waals surface area (Å²) >= 11 is 0. The smallest absolute Gasteiger partial charge is 0.241 e. The Bertz CT molecular complexity index is 778. The number of rotatable bonds is 4. The van der Waals surface area contributed by atoms with Crippen molar-refractivity contribution >= 4 is 11.6 Å². The van der Waals surface area contributed by atoms with Gasteiger partial charge in [0.25, 0.3) is 0 Å². The summed E-state index contributed by atoms with van der Waals surface area (Å²) in [7, 11) is 0. The highest BCUT2D eigenvalue weighted by molar-refractivity contribution is 5.97. The fourth-order valence-corrected chi connectivity index (χ4v) is 3.74. The fourth-order valence-electron chi connectivity index (χ4n) is 3.74. The molecule has 0 radical (unpaired) electrons. The lowest BCUT2D eigenvalue weighted by Gasteiger charge is -2.32. The molecule has 1 amide bonds. The van der Waals surface area contributed by atoms with Gasteiger partial charge in [0.15, 0.2) is 0 Å². The molecule has 136 valence electrons. The van der Waals surface area contributed by atoms with Crippen LogP contribution in [-0.4, -0.2) is 49.6 Å². The lowest BCUT2D eigenvalue weighted by Crippen LogP contribution is -2.52. The van der Waals surface area contributed by atoms with Crippen LogP contribution in [0.4, 0.5) is 5.69 Å².